The molecule has 6 rings (SSSR count). The molecule has 1 amide bonds. The molecule has 1 atom stereocenters. The number of aliphatic carboxylic acids is 1. The molecule has 1 unspecified atom stereocenters. The van der Waals surface area contributed by atoms with E-state index >= 15 is 0 Å². The molecule has 0 radical (unpaired) electrons. The Morgan fingerprint density at radius 3 is 2.37 bits per heavy atom. The van der Waals surface area contributed by atoms with Crippen LogP contribution in [-0.2, 0) is 22.0 Å². The molecule has 3 aromatic heterocycles. The standard InChI is InChI=1S/C29H23F3N4O5S2/c1-15(16-6-4-3-5-7-16)40-27(39)33-25-24(34-35-36(25)2)23-14-22-21(43-23)13-20(42-22)18-9-8-17(28(10-11-28)26(37)38)12-19(18)41-29(30,31)32/h3-9,12-15H,10-11H2,1-2H3,(H,33,39)(H,37,38). The van der Waals surface area contributed by atoms with Crippen molar-refractivity contribution in [3.8, 4) is 26.8 Å². The molecule has 9 nitrogen and oxygen atoms in total. The number of ether oxygens (including phenoxy) is 2. The minimum absolute atomic E-state index is 0.203. The molecule has 1 fully saturated rings. The molecule has 222 valence electrons. The first-order valence-corrected chi connectivity index (χ1v) is 14.7. The summed E-state index contributed by atoms with van der Waals surface area (Å²) in [5, 5.41) is 20.6. The molecule has 0 bridgehead atoms. The van der Waals surface area contributed by atoms with Crippen molar-refractivity contribution in [1.29, 1.82) is 0 Å². The number of carbonyl (C=O) groups is 2. The van der Waals surface area contributed by atoms with E-state index in [-0.39, 0.29) is 11.1 Å². The van der Waals surface area contributed by atoms with Gasteiger partial charge in [-0.05, 0) is 55.2 Å². The molecule has 43 heavy (non-hydrogen) atoms. The van der Waals surface area contributed by atoms with Crippen molar-refractivity contribution in [3.63, 3.8) is 0 Å². The number of thiophene rings is 2. The van der Waals surface area contributed by atoms with E-state index in [9.17, 15) is 27.9 Å². The highest BCUT2D eigenvalue weighted by molar-refractivity contribution is 7.31. The van der Waals surface area contributed by atoms with Crippen LogP contribution in [0.5, 0.6) is 5.75 Å². The maximum atomic E-state index is 13.3. The quantitative estimate of drug-likeness (QED) is 0.181. The van der Waals surface area contributed by atoms with E-state index in [1.165, 1.54) is 39.5 Å². The van der Waals surface area contributed by atoms with E-state index in [2.05, 4.69) is 20.4 Å². The molecule has 1 aliphatic rings. The van der Waals surface area contributed by atoms with Crippen molar-refractivity contribution in [2.45, 2.75) is 37.6 Å². The summed E-state index contributed by atoms with van der Waals surface area (Å²) in [5.74, 6) is -1.20. The van der Waals surface area contributed by atoms with Crippen molar-refractivity contribution < 1.29 is 37.3 Å². The number of halogens is 3. The molecule has 5 aromatic rings. The summed E-state index contributed by atoms with van der Waals surface area (Å²) in [4.78, 5) is 25.7. The summed E-state index contributed by atoms with van der Waals surface area (Å²) in [5.41, 5.74) is 0.553. The van der Waals surface area contributed by atoms with Crippen LogP contribution < -0.4 is 10.1 Å². The Kier molecular flexibility index (Phi) is 7.13. The average Bonchev–Trinajstić information content (AvgIpc) is 3.38. The van der Waals surface area contributed by atoms with Gasteiger partial charge in [0.05, 0.1) is 10.3 Å². The number of rotatable bonds is 8. The van der Waals surface area contributed by atoms with Gasteiger partial charge >= 0.3 is 18.4 Å². The third-order valence-corrected chi connectivity index (χ3v) is 9.56. The first-order valence-electron chi connectivity index (χ1n) is 13.0. The van der Waals surface area contributed by atoms with Crippen LogP contribution in [-0.4, -0.2) is 38.5 Å². The Morgan fingerprint density at radius 2 is 1.72 bits per heavy atom. The van der Waals surface area contributed by atoms with Gasteiger partial charge in [0.1, 0.15) is 17.5 Å². The largest absolute Gasteiger partial charge is 0.573 e. The average molecular weight is 629 g/mol. The van der Waals surface area contributed by atoms with Crippen molar-refractivity contribution in [1.82, 2.24) is 15.0 Å². The van der Waals surface area contributed by atoms with Crippen LogP contribution >= 0.6 is 22.7 Å². The molecule has 3 heterocycles. The van der Waals surface area contributed by atoms with Gasteiger partial charge in [0.2, 0.25) is 0 Å². The smallest absolute Gasteiger partial charge is 0.481 e. The van der Waals surface area contributed by atoms with Crippen LogP contribution in [0.4, 0.5) is 23.8 Å². The van der Waals surface area contributed by atoms with Gasteiger partial charge in [-0.3, -0.25) is 10.1 Å². The minimum atomic E-state index is -4.95. The van der Waals surface area contributed by atoms with Crippen molar-refractivity contribution in [3.05, 3.63) is 71.8 Å². The van der Waals surface area contributed by atoms with Gasteiger partial charge in [-0.15, -0.1) is 40.9 Å². The summed E-state index contributed by atoms with van der Waals surface area (Å²) in [7, 11) is 1.63. The summed E-state index contributed by atoms with van der Waals surface area (Å²) < 4.78 is 52.8. The number of anilines is 1. The SMILES string of the molecule is CC(OC(=O)Nc1c(-c2cc3sc(-c4ccc(C5(C(=O)O)CC5)cc4OC(F)(F)F)cc3s2)nnn1C)c1ccccc1. The Labute approximate surface area is 250 Å². The Bertz CT molecular complexity index is 1810. The number of carboxylic acid groups (broad SMARTS) is 1. The van der Waals surface area contributed by atoms with E-state index in [1.807, 2.05) is 36.4 Å². The Balaban J connectivity index is 1.27. The fourth-order valence-corrected chi connectivity index (χ4v) is 7.22. The van der Waals surface area contributed by atoms with E-state index in [0.717, 1.165) is 15.0 Å². The molecule has 2 aromatic carbocycles. The van der Waals surface area contributed by atoms with Gasteiger partial charge < -0.3 is 14.6 Å². The van der Waals surface area contributed by atoms with Gasteiger partial charge in [0.25, 0.3) is 0 Å². The van der Waals surface area contributed by atoms with Crippen LogP contribution in [0.25, 0.3) is 30.4 Å². The summed E-state index contributed by atoms with van der Waals surface area (Å²) in [6.07, 6.45) is -5.41. The molecular formula is C29H23F3N4O5S2. The Morgan fingerprint density at radius 1 is 1.05 bits per heavy atom. The van der Waals surface area contributed by atoms with Crippen molar-refractivity contribution >= 4 is 50.0 Å². The van der Waals surface area contributed by atoms with E-state index in [1.54, 1.807) is 26.1 Å². The van der Waals surface area contributed by atoms with Gasteiger partial charge in [0.15, 0.2) is 5.82 Å². The van der Waals surface area contributed by atoms with E-state index < -0.39 is 35.7 Å². The molecule has 0 aliphatic heterocycles. The van der Waals surface area contributed by atoms with Gasteiger partial charge in [-0.1, -0.05) is 41.6 Å². The third kappa shape index (κ3) is 5.67. The number of fused-ring (bicyclic) bond motifs is 1. The number of alkyl halides is 3. The molecule has 2 N–H and O–H groups in total. The highest BCUT2D eigenvalue weighted by atomic mass is 32.1. The lowest BCUT2D eigenvalue weighted by Crippen LogP contribution is -2.21. The highest BCUT2D eigenvalue weighted by Crippen LogP contribution is 2.51. The number of hydrogen-bond donors (Lipinski definition) is 2. The predicted molar refractivity (Wildman–Crippen MR) is 155 cm³/mol. The van der Waals surface area contributed by atoms with Gasteiger partial charge in [0, 0.05) is 26.9 Å². The highest BCUT2D eigenvalue weighted by Gasteiger charge is 2.52. The van der Waals surface area contributed by atoms with E-state index in [4.69, 9.17) is 4.74 Å². The molecule has 1 aliphatic carbocycles. The van der Waals surface area contributed by atoms with Crippen molar-refractivity contribution in [2.75, 3.05) is 5.32 Å². The zero-order chi connectivity index (χ0) is 30.5. The number of carboxylic acids is 1. The summed E-state index contributed by atoms with van der Waals surface area (Å²) >= 11 is 2.59. The minimum Gasteiger partial charge on any atom is -0.481 e. The van der Waals surface area contributed by atoms with Gasteiger partial charge in [-0.2, -0.15) is 0 Å². The molecule has 14 heteroatoms. The van der Waals surface area contributed by atoms with Crippen LogP contribution in [0, 0.1) is 0 Å². The first kappa shape index (κ1) is 28.7. The zero-order valence-corrected chi connectivity index (χ0v) is 24.3. The lowest BCUT2D eigenvalue weighted by atomic mass is 9.94. The second-order valence-corrected chi connectivity index (χ2v) is 12.3. The van der Waals surface area contributed by atoms with Crippen LogP contribution in [0.1, 0.15) is 37.0 Å². The molecule has 1 saturated carbocycles. The number of nitrogens with one attached hydrogen (secondary N) is 1. The third-order valence-electron chi connectivity index (χ3n) is 7.23. The number of aryl methyl sites for hydroxylation is 1. The fourth-order valence-electron chi connectivity index (χ4n) is 4.81. The lowest BCUT2D eigenvalue weighted by Gasteiger charge is -2.16. The number of benzene rings is 2. The second-order valence-electron chi connectivity index (χ2n) is 10.1. The number of aromatic nitrogens is 3. The molecule has 0 spiro atoms. The van der Waals surface area contributed by atoms with Crippen molar-refractivity contribution in [2.24, 2.45) is 7.05 Å². The number of hydrogen-bond acceptors (Lipinski definition) is 8. The van der Waals surface area contributed by atoms with Crippen LogP contribution in [0.2, 0.25) is 0 Å². The van der Waals surface area contributed by atoms with Crippen LogP contribution in [0.15, 0.2) is 60.7 Å². The Hall–Kier alpha value is -4.43. The number of nitrogens with zero attached hydrogens (tertiary/aromatic N) is 3. The number of amides is 1. The van der Waals surface area contributed by atoms with E-state index in [0.29, 0.717) is 34.1 Å². The topological polar surface area (TPSA) is 116 Å². The predicted octanol–water partition coefficient (Wildman–Crippen LogP) is 7.75. The number of carbonyl (C=O) groups excluding carboxylic acids is 1. The fraction of sp³-hybridized carbons (Fsp3) is 0.241. The maximum absolute atomic E-state index is 13.3. The zero-order valence-electron chi connectivity index (χ0n) is 22.6. The lowest BCUT2D eigenvalue weighted by molar-refractivity contribution is -0.274. The first-order chi connectivity index (χ1) is 20.4. The maximum Gasteiger partial charge on any atom is 0.573 e. The van der Waals surface area contributed by atoms with Crippen LogP contribution in [0.3, 0.4) is 0 Å². The molecule has 0 saturated heterocycles. The van der Waals surface area contributed by atoms with Gasteiger partial charge in [-0.25, -0.2) is 9.48 Å². The second kappa shape index (κ2) is 10.7. The molecular weight excluding hydrogens is 605 g/mol. The summed E-state index contributed by atoms with van der Waals surface area (Å²) in [6.45, 7) is 1.76. The summed E-state index contributed by atoms with van der Waals surface area (Å²) in [6, 6.07) is 17.1. The monoisotopic (exact) mass is 628 g/mol. The normalized spacial score (nSPS) is 14.8.